The summed E-state index contributed by atoms with van der Waals surface area (Å²) in [6, 6.07) is 10.9. The van der Waals surface area contributed by atoms with Crippen LogP contribution in [0.15, 0.2) is 24.3 Å². The van der Waals surface area contributed by atoms with Gasteiger partial charge in [-0.05, 0) is 24.6 Å². The van der Waals surface area contributed by atoms with E-state index in [1.165, 1.54) is 0 Å². The second-order valence-corrected chi connectivity index (χ2v) is 4.64. The lowest BCUT2D eigenvalue weighted by atomic mass is 10.1. The van der Waals surface area contributed by atoms with Gasteiger partial charge in [-0.1, -0.05) is 31.0 Å². The highest BCUT2D eigenvalue weighted by Gasteiger charge is 2.08. The Labute approximate surface area is 122 Å². The van der Waals surface area contributed by atoms with Gasteiger partial charge >= 0.3 is 0 Å². The molecule has 0 atom stereocenters. The normalized spacial score (nSPS) is 9.80. The molecule has 2 aromatic rings. The first-order valence-corrected chi connectivity index (χ1v) is 6.53. The number of nitriles is 2. The fourth-order valence-corrected chi connectivity index (χ4v) is 2.07. The highest BCUT2D eigenvalue weighted by Crippen LogP contribution is 2.24. The van der Waals surface area contributed by atoms with Gasteiger partial charge in [0.1, 0.15) is 12.1 Å². The molecule has 0 aliphatic heterocycles. The van der Waals surface area contributed by atoms with Crippen LogP contribution in [0.2, 0.25) is 5.02 Å². The summed E-state index contributed by atoms with van der Waals surface area (Å²) in [4.78, 5) is 8.35. The van der Waals surface area contributed by atoms with Crippen LogP contribution in [0.5, 0.6) is 0 Å². The third-order valence-corrected chi connectivity index (χ3v) is 3.08. The molecule has 2 rings (SSSR count). The van der Waals surface area contributed by atoms with Gasteiger partial charge in [-0.15, -0.1) is 0 Å². The fraction of sp³-hybridized carbons (Fsp3) is 0.200. The van der Waals surface area contributed by atoms with Crippen LogP contribution in [-0.4, -0.2) is 9.97 Å². The predicted octanol–water partition coefficient (Wildman–Crippen LogP) is 3.49. The highest BCUT2D eigenvalue weighted by molar-refractivity contribution is 6.32. The zero-order valence-corrected chi connectivity index (χ0v) is 11.6. The molecule has 1 aromatic carbocycles. The van der Waals surface area contributed by atoms with Gasteiger partial charge in [0.15, 0.2) is 0 Å². The Morgan fingerprint density at radius 1 is 1.15 bits per heavy atom. The largest absolute Gasteiger partial charge is 0.232 e. The number of hydrogen-bond acceptors (Lipinski definition) is 4. The van der Waals surface area contributed by atoms with Gasteiger partial charge in [0, 0.05) is 11.3 Å². The summed E-state index contributed by atoms with van der Waals surface area (Å²) in [6.07, 6.45) is 1.73. The lowest BCUT2D eigenvalue weighted by Crippen LogP contribution is -1.98. The van der Waals surface area contributed by atoms with E-state index in [0.29, 0.717) is 16.3 Å². The van der Waals surface area contributed by atoms with E-state index < -0.39 is 0 Å². The van der Waals surface area contributed by atoms with Gasteiger partial charge in [0.2, 0.25) is 5.82 Å². The van der Waals surface area contributed by atoms with E-state index in [2.05, 4.69) is 9.97 Å². The van der Waals surface area contributed by atoms with E-state index in [9.17, 15) is 0 Å². The molecule has 0 fully saturated rings. The van der Waals surface area contributed by atoms with Gasteiger partial charge in [-0.25, -0.2) is 9.97 Å². The Morgan fingerprint density at radius 2 is 1.95 bits per heavy atom. The maximum atomic E-state index is 8.99. The zero-order valence-electron chi connectivity index (χ0n) is 10.9. The Bertz CT molecular complexity index is 726. The van der Waals surface area contributed by atoms with Crippen LogP contribution in [-0.2, 0) is 6.42 Å². The molecule has 0 saturated carbocycles. The number of hydrogen-bond donors (Lipinski definition) is 0. The molecule has 0 aliphatic rings. The lowest BCUT2D eigenvalue weighted by Gasteiger charge is -2.05. The third kappa shape index (κ3) is 2.93. The minimum absolute atomic E-state index is 0.145. The summed E-state index contributed by atoms with van der Waals surface area (Å²) >= 11 is 6.02. The Hall–Kier alpha value is -2.43. The van der Waals surface area contributed by atoms with Gasteiger partial charge in [0.05, 0.1) is 16.3 Å². The molecule has 0 amide bonds. The van der Waals surface area contributed by atoms with Crippen LogP contribution >= 0.6 is 11.6 Å². The molecule has 20 heavy (non-hydrogen) atoms. The molecule has 4 nitrogen and oxygen atoms in total. The van der Waals surface area contributed by atoms with Gasteiger partial charge in [-0.3, -0.25) is 0 Å². The summed E-state index contributed by atoms with van der Waals surface area (Å²) in [7, 11) is 0. The monoisotopic (exact) mass is 282 g/mol. The lowest BCUT2D eigenvalue weighted by molar-refractivity contribution is 0.868. The van der Waals surface area contributed by atoms with Crippen molar-refractivity contribution in [3.05, 3.63) is 46.4 Å². The van der Waals surface area contributed by atoms with Crippen LogP contribution in [0.4, 0.5) is 0 Å². The van der Waals surface area contributed by atoms with Gasteiger partial charge < -0.3 is 0 Å². The SMILES string of the molecule is CCCc1cc(-c2ccc(C#N)c(Cl)c2)nc(C#N)n1. The minimum Gasteiger partial charge on any atom is -0.224 e. The van der Waals surface area contributed by atoms with Crippen LogP contribution in [0.1, 0.15) is 30.4 Å². The molecule has 0 spiro atoms. The zero-order chi connectivity index (χ0) is 14.5. The molecular formula is C15H11ClN4. The maximum absolute atomic E-state index is 8.99. The third-order valence-electron chi connectivity index (χ3n) is 2.77. The molecule has 5 heteroatoms. The summed E-state index contributed by atoms with van der Waals surface area (Å²) < 4.78 is 0. The molecule has 0 bridgehead atoms. The van der Waals surface area contributed by atoms with E-state index in [1.54, 1.807) is 18.2 Å². The average molecular weight is 283 g/mol. The van der Waals surface area contributed by atoms with Crippen LogP contribution in [0.25, 0.3) is 11.3 Å². The quantitative estimate of drug-likeness (QED) is 0.863. The molecule has 0 radical (unpaired) electrons. The van der Waals surface area contributed by atoms with Gasteiger partial charge in [-0.2, -0.15) is 10.5 Å². The van der Waals surface area contributed by atoms with Crippen LogP contribution in [0.3, 0.4) is 0 Å². The van der Waals surface area contributed by atoms with E-state index in [0.717, 1.165) is 24.1 Å². The molecule has 1 aromatic heterocycles. The molecule has 0 saturated heterocycles. The van der Waals surface area contributed by atoms with Crippen molar-refractivity contribution in [2.24, 2.45) is 0 Å². The van der Waals surface area contributed by atoms with Crippen molar-refractivity contribution < 1.29 is 0 Å². The van der Waals surface area contributed by atoms with E-state index >= 15 is 0 Å². The average Bonchev–Trinajstić information content (AvgIpc) is 2.47. The van der Waals surface area contributed by atoms with Gasteiger partial charge in [0.25, 0.3) is 0 Å². The molecule has 98 valence electrons. The smallest absolute Gasteiger partial charge is 0.224 e. The number of aromatic nitrogens is 2. The first-order valence-electron chi connectivity index (χ1n) is 6.16. The molecule has 1 heterocycles. The van der Waals surface area contributed by atoms with E-state index in [1.807, 2.05) is 25.1 Å². The highest BCUT2D eigenvalue weighted by atomic mass is 35.5. The van der Waals surface area contributed by atoms with Crippen LogP contribution < -0.4 is 0 Å². The van der Waals surface area contributed by atoms with Crippen molar-refractivity contribution >= 4 is 11.6 Å². The van der Waals surface area contributed by atoms with Crippen molar-refractivity contribution in [3.63, 3.8) is 0 Å². The van der Waals surface area contributed by atoms with Crippen molar-refractivity contribution in [3.8, 4) is 23.4 Å². The maximum Gasteiger partial charge on any atom is 0.232 e. The standard InChI is InChI=1S/C15H11ClN4/c1-2-3-12-7-14(20-15(9-18)19-12)10-4-5-11(8-17)13(16)6-10/h4-7H,2-3H2,1H3. The van der Waals surface area contributed by atoms with E-state index in [4.69, 9.17) is 22.1 Å². The van der Waals surface area contributed by atoms with Crippen molar-refractivity contribution in [1.29, 1.82) is 10.5 Å². The molecule has 0 N–H and O–H groups in total. The first-order chi connectivity index (χ1) is 9.67. The Kier molecular flexibility index (Phi) is 4.30. The predicted molar refractivity (Wildman–Crippen MR) is 75.9 cm³/mol. The Balaban J connectivity index is 2.52. The van der Waals surface area contributed by atoms with Crippen molar-refractivity contribution in [2.45, 2.75) is 19.8 Å². The fourth-order valence-electron chi connectivity index (χ4n) is 1.84. The first kappa shape index (κ1) is 14.0. The van der Waals surface area contributed by atoms with Crippen molar-refractivity contribution in [2.75, 3.05) is 0 Å². The number of halogens is 1. The van der Waals surface area contributed by atoms with Crippen molar-refractivity contribution in [1.82, 2.24) is 9.97 Å². The topological polar surface area (TPSA) is 73.4 Å². The van der Waals surface area contributed by atoms with Crippen LogP contribution in [0, 0.1) is 22.7 Å². The second-order valence-electron chi connectivity index (χ2n) is 4.24. The molecule has 0 unspecified atom stereocenters. The molecule has 0 aliphatic carbocycles. The summed E-state index contributed by atoms with van der Waals surface area (Å²) in [6.45, 7) is 2.05. The second kappa shape index (κ2) is 6.14. The number of aryl methyl sites for hydroxylation is 1. The summed E-state index contributed by atoms with van der Waals surface area (Å²) in [5.74, 6) is 0.145. The minimum atomic E-state index is 0.145. The summed E-state index contributed by atoms with van der Waals surface area (Å²) in [5.41, 5.74) is 2.66. The van der Waals surface area contributed by atoms with E-state index in [-0.39, 0.29) is 5.82 Å². The number of nitrogens with zero attached hydrogens (tertiary/aromatic N) is 4. The number of rotatable bonds is 3. The number of benzene rings is 1. The Morgan fingerprint density at radius 3 is 2.55 bits per heavy atom. The molecular weight excluding hydrogens is 272 g/mol. The summed E-state index contributed by atoms with van der Waals surface area (Å²) in [5, 5.41) is 18.2.